The van der Waals surface area contributed by atoms with Crippen molar-refractivity contribution in [2.24, 2.45) is 0 Å². The molecule has 0 saturated heterocycles. The van der Waals surface area contributed by atoms with E-state index in [2.05, 4.69) is 20.6 Å². The molecule has 2 N–H and O–H groups in total. The van der Waals surface area contributed by atoms with Crippen molar-refractivity contribution in [1.82, 2.24) is 9.97 Å². The van der Waals surface area contributed by atoms with Crippen LogP contribution in [-0.4, -0.2) is 17.0 Å². The number of para-hydroxylation sites is 3. The van der Waals surface area contributed by atoms with Crippen molar-refractivity contribution in [2.75, 3.05) is 17.7 Å². The van der Waals surface area contributed by atoms with Gasteiger partial charge in [0.2, 0.25) is 0 Å². The lowest BCUT2D eigenvalue weighted by Gasteiger charge is -2.12. The standard InChI is InChI=1S/C17H16N4O/c1-18-16-11-17(20-12-19-16)21-14-9-5-6-10-15(14)22-13-7-3-2-4-8-13/h2-12H,1H3,(H2,18,19,20,21). The van der Waals surface area contributed by atoms with E-state index in [-0.39, 0.29) is 0 Å². The quantitative estimate of drug-likeness (QED) is 0.742. The van der Waals surface area contributed by atoms with Crippen molar-refractivity contribution in [3.8, 4) is 11.5 Å². The van der Waals surface area contributed by atoms with E-state index in [1.54, 1.807) is 0 Å². The minimum Gasteiger partial charge on any atom is -0.455 e. The summed E-state index contributed by atoms with van der Waals surface area (Å²) in [6.07, 6.45) is 1.51. The monoisotopic (exact) mass is 292 g/mol. The molecule has 1 heterocycles. The maximum Gasteiger partial charge on any atom is 0.150 e. The molecule has 3 aromatic rings. The number of hydrogen-bond donors (Lipinski definition) is 2. The van der Waals surface area contributed by atoms with Crippen molar-refractivity contribution >= 4 is 17.3 Å². The Morgan fingerprint density at radius 3 is 2.41 bits per heavy atom. The van der Waals surface area contributed by atoms with Crippen LogP contribution >= 0.6 is 0 Å². The number of nitrogens with one attached hydrogen (secondary N) is 2. The predicted molar refractivity (Wildman–Crippen MR) is 87.8 cm³/mol. The fraction of sp³-hybridized carbons (Fsp3) is 0.0588. The van der Waals surface area contributed by atoms with Crippen molar-refractivity contribution in [3.63, 3.8) is 0 Å². The number of ether oxygens (including phenoxy) is 1. The third kappa shape index (κ3) is 3.32. The van der Waals surface area contributed by atoms with Crippen LogP contribution in [-0.2, 0) is 0 Å². The van der Waals surface area contributed by atoms with E-state index in [1.165, 1.54) is 6.33 Å². The number of hydrogen-bond acceptors (Lipinski definition) is 5. The smallest absolute Gasteiger partial charge is 0.150 e. The number of aromatic nitrogens is 2. The van der Waals surface area contributed by atoms with Gasteiger partial charge in [-0.25, -0.2) is 9.97 Å². The molecule has 5 nitrogen and oxygen atoms in total. The third-order valence-corrected chi connectivity index (χ3v) is 3.04. The molecule has 1 aromatic heterocycles. The molecule has 110 valence electrons. The molecule has 0 saturated carbocycles. The van der Waals surface area contributed by atoms with Crippen molar-refractivity contribution in [2.45, 2.75) is 0 Å². The van der Waals surface area contributed by atoms with Gasteiger partial charge in [-0.05, 0) is 24.3 Å². The minimum atomic E-state index is 0.698. The van der Waals surface area contributed by atoms with Crippen molar-refractivity contribution in [1.29, 1.82) is 0 Å². The first-order chi connectivity index (χ1) is 10.8. The van der Waals surface area contributed by atoms with Gasteiger partial charge >= 0.3 is 0 Å². The van der Waals surface area contributed by atoms with E-state index in [1.807, 2.05) is 67.7 Å². The summed E-state index contributed by atoms with van der Waals surface area (Å²) in [6.45, 7) is 0. The molecule has 3 rings (SSSR count). The van der Waals surface area contributed by atoms with Gasteiger partial charge in [0.25, 0.3) is 0 Å². The molecule has 0 fully saturated rings. The minimum absolute atomic E-state index is 0.698. The number of rotatable bonds is 5. The number of benzene rings is 2. The van der Waals surface area contributed by atoms with Gasteiger partial charge in [-0.3, -0.25) is 0 Å². The Labute approximate surface area is 129 Å². The molecule has 5 heteroatoms. The van der Waals surface area contributed by atoms with E-state index in [9.17, 15) is 0 Å². The summed E-state index contributed by atoms with van der Waals surface area (Å²) < 4.78 is 5.92. The predicted octanol–water partition coefficient (Wildman–Crippen LogP) is 4.05. The fourth-order valence-corrected chi connectivity index (χ4v) is 1.97. The number of anilines is 3. The zero-order valence-corrected chi connectivity index (χ0v) is 12.2. The Morgan fingerprint density at radius 1 is 0.864 bits per heavy atom. The lowest BCUT2D eigenvalue weighted by atomic mass is 10.3. The first-order valence-electron chi connectivity index (χ1n) is 6.94. The first kappa shape index (κ1) is 13.9. The molecule has 0 spiro atoms. The first-order valence-corrected chi connectivity index (χ1v) is 6.94. The second kappa shape index (κ2) is 6.58. The van der Waals surface area contributed by atoms with Crippen LogP contribution < -0.4 is 15.4 Å². The molecule has 0 amide bonds. The van der Waals surface area contributed by atoms with E-state index in [0.29, 0.717) is 5.82 Å². The Bertz CT molecular complexity index is 746. The van der Waals surface area contributed by atoms with Crippen LogP contribution in [0.5, 0.6) is 11.5 Å². The van der Waals surface area contributed by atoms with Crippen LogP contribution in [0.4, 0.5) is 17.3 Å². The third-order valence-electron chi connectivity index (χ3n) is 3.04. The fourth-order valence-electron chi connectivity index (χ4n) is 1.97. The molecule has 2 aromatic carbocycles. The van der Waals surface area contributed by atoms with Crippen LogP contribution in [0, 0.1) is 0 Å². The SMILES string of the molecule is CNc1cc(Nc2ccccc2Oc2ccccc2)ncn1. The molecule has 0 radical (unpaired) electrons. The molecule has 0 aliphatic carbocycles. The van der Waals surface area contributed by atoms with Gasteiger partial charge in [0.05, 0.1) is 5.69 Å². The highest BCUT2D eigenvalue weighted by Crippen LogP contribution is 2.31. The van der Waals surface area contributed by atoms with Crippen molar-refractivity contribution in [3.05, 3.63) is 67.0 Å². The molecule has 22 heavy (non-hydrogen) atoms. The van der Waals surface area contributed by atoms with Crippen LogP contribution in [0.2, 0.25) is 0 Å². The maximum absolute atomic E-state index is 5.92. The second-order valence-corrected chi connectivity index (χ2v) is 4.57. The van der Waals surface area contributed by atoms with E-state index in [0.717, 1.165) is 23.0 Å². The Kier molecular flexibility index (Phi) is 4.15. The second-order valence-electron chi connectivity index (χ2n) is 4.57. The van der Waals surface area contributed by atoms with E-state index in [4.69, 9.17) is 4.74 Å². The summed E-state index contributed by atoms with van der Waals surface area (Å²) in [6, 6.07) is 19.2. The summed E-state index contributed by atoms with van der Waals surface area (Å²) in [4.78, 5) is 8.31. The summed E-state index contributed by atoms with van der Waals surface area (Å²) in [5.41, 5.74) is 0.840. The van der Waals surface area contributed by atoms with Crippen LogP contribution in [0.15, 0.2) is 67.0 Å². The Hall–Kier alpha value is -3.08. The summed E-state index contributed by atoms with van der Waals surface area (Å²) in [7, 11) is 1.82. The van der Waals surface area contributed by atoms with Gasteiger partial charge < -0.3 is 15.4 Å². The van der Waals surface area contributed by atoms with Gasteiger partial charge in [0, 0.05) is 13.1 Å². The van der Waals surface area contributed by atoms with Gasteiger partial charge in [0.15, 0.2) is 5.75 Å². The lowest BCUT2D eigenvalue weighted by molar-refractivity contribution is 0.485. The Balaban J connectivity index is 1.84. The molecule has 0 unspecified atom stereocenters. The average Bonchev–Trinajstić information content (AvgIpc) is 2.58. The molecular weight excluding hydrogens is 276 g/mol. The normalized spacial score (nSPS) is 10.0. The van der Waals surface area contributed by atoms with Crippen molar-refractivity contribution < 1.29 is 4.74 Å². The highest BCUT2D eigenvalue weighted by molar-refractivity contribution is 5.65. The van der Waals surface area contributed by atoms with Crippen LogP contribution in [0.25, 0.3) is 0 Å². The molecule has 0 aliphatic heterocycles. The maximum atomic E-state index is 5.92. The summed E-state index contributed by atoms with van der Waals surface area (Å²) >= 11 is 0. The van der Waals surface area contributed by atoms with Gasteiger partial charge in [0.1, 0.15) is 23.7 Å². The molecular formula is C17H16N4O. The summed E-state index contributed by atoms with van der Waals surface area (Å²) in [5, 5.41) is 6.24. The van der Waals surface area contributed by atoms with Crippen LogP contribution in [0.3, 0.4) is 0 Å². The van der Waals surface area contributed by atoms with Gasteiger partial charge in [-0.15, -0.1) is 0 Å². The van der Waals surface area contributed by atoms with Gasteiger partial charge in [-0.2, -0.15) is 0 Å². The van der Waals surface area contributed by atoms with E-state index >= 15 is 0 Å². The molecule has 0 aliphatic rings. The topological polar surface area (TPSA) is 59.1 Å². The van der Waals surface area contributed by atoms with E-state index < -0.39 is 0 Å². The average molecular weight is 292 g/mol. The Morgan fingerprint density at radius 2 is 1.59 bits per heavy atom. The zero-order chi connectivity index (χ0) is 15.2. The highest BCUT2D eigenvalue weighted by atomic mass is 16.5. The van der Waals surface area contributed by atoms with Gasteiger partial charge in [-0.1, -0.05) is 30.3 Å². The lowest BCUT2D eigenvalue weighted by Crippen LogP contribution is -1.99. The van der Waals surface area contributed by atoms with Crippen LogP contribution in [0.1, 0.15) is 0 Å². The molecule has 0 bridgehead atoms. The number of nitrogens with zero attached hydrogens (tertiary/aromatic N) is 2. The zero-order valence-electron chi connectivity index (χ0n) is 12.2. The summed E-state index contributed by atoms with van der Waals surface area (Å²) in [5.74, 6) is 2.97. The molecule has 0 atom stereocenters. The largest absolute Gasteiger partial charge is 0.455 e. The highest BCUT2D eigenvalue weighted by Gasteiger charge is 2.06.